The van der Waals surface area contributed by atoms with Gasteiger partial charge in [-0.15, -0.1) is 0 Å². The molecule has 0 aliphatic carbocycles. The lowest BCUT2D eigenvalue weighted by Crippen LogP contribution is -2.04. The molecular formula is C137H84N10O3. The second-order valence-electron chi connectivity index (χ2n) is 38.0. The van der Waals surface area contributed by atoms with Gasteiger partial charge >= 0.3 is 0 Å². The molecule has 9 aromatic heterocycles. The minimum atomic E-state index is 0.607. The Morgan fingerprint density at radius 2 is 0.480 bits per heavy atom. The zero-order chi connectivity index (χ0) is 98.8. The molecule has 150 heavy (non-hydrogen) atoms. The Morgan fingerprint density at radius 3 is 0.980 bits per heavy atom. The van der Waals surface area contributed by atoms with Crippen molar-refractivity contribution in [2.75, 3.05) is 0 Å². The van der Waals surface area contributed by atoms with Crippen LogP contribution in [-0.4, -0.2) is 48.6 Å². The summed E-state index contributed by atoms with van der Waals surface area (Å²) in [5.74, 6) is 3.13. The molecule has 0 radical (unpaired) electrons. The molecule has 13 heteroatoms. The van der Waals surface area contributed by atoms with Gasteiger partial charge in [-0.3, -0.25) is 9.13 Å². The number of benzene rings is 22. The van der Waals surface area contributed by atoms with Crippen LogP contribution in [0.15, 0.2) is 523 Å². The molecular weight excluding hydrogens is 1830 g/mol. The summed E-state index contributed by atoms with van der Waals surface area (Å²) in [6, 6.07) is 177. The van der Waals surface area contributed by atoms with Gasteiger partial charge in [0.25, 0.3) is 0 Å². The highest BCUT2D eigenvalue weighted by molar-refractivity contribution is 6.33. The van der Waals surface area contributed by atoms with E-state index in [4.69, 9.17) is 48.1 Å². The van der Waals surface area contributed by atoms with E-state index in [0.29, 0.717) is 29.4 Å². The van der Waals surface area contributed by atoms with Crippen LogP contribution >= 0.6 is 0 Å². The van der Waals surface area contributed by atoms with Crippen molar-refractivity contribution >= 4 is 164 Å². The van der Waals surface area contributed by atoms with Crippen LogP contribution in [0.25, 0.3) is 294 Å². The Balaban J connectivity index is 0.000000106. The first-order valence-electron chi connectivity index (χ1n) is 50.5. The average Bonchev–Trinajstić information content (AvgIpc) is 1.55. The minimum Gasteiger partial charge on any atom is -0.456 e. The molecule has 0 fully saturated rings. The van der Waals surface area contributed by atoms with E-state index < -0.39 is 0 Å². The molecule has 31 aromatic rings. The van der Waals surface area contributed by atoms with Gasteiger partial charge in [0.1, 0.15) is 33.5 Å². The largest absolute Gasteiger partial charge is 0.456 e. The number of para-hydroxylation sites is 4. The summed E-state index contributed by atoms with van der Waals surface area (Å²) in [5, 5.41) is 18.8. The molecule has 22 aromatic carbocycles. The van der Waals surface area contributed by atoms with E-state index in [9.17, 15) is 0 Å². The normalized spacial score (nSPS) is 11.7. The number of fused-ring (bicyclic) bond motifs is 11. The van der Waals surface area contributed by atoms with Crippen molar-refractivity contribution in [2.24, 2.45) is 0 Å². The van der Waals surface area contributed by atoms with E-state index in [0.717, 1.165) is 231 Å². The number of hydrogen-bond acceptors (Lipinski definition) is 10. The topological polar surface area (TPSA) is 144 Å². The highest BCUT2D eigenvalue weighted by Crippen LogP contribution is 2.50. The third-order valence-electron chi connectivity index (χ3n) is 29.3. The van der Waals surface area contributed by atoms with Crippen LogP contribution in [-0.2, 0) is 0 Å². The van der Waals surface area contributed by atoms with E-state index in [2.05, 4.69) is 444 Å². The molecule has 0 unspecified atom stereocenters. The first kappa shape index (κ1) is 86.3. The van der Waals surface area contributed by atoms with Crippen molar-refractivity contribution in [1.29, 1.82) is 0 Å². The van der Waals surface area contributed by atoms with Crippen LogP contribution in [0.3, 0.4) is 0 Å². The van der Waals surface area contributed by atoms with E-state index in [1.165, 1.54) is 33.0 Å². The van der Waals surface area contributed by atoms with Crippen LogP contribution in [0.2, 0.25) is 0 Å². The fourth-order valence-corrected chi connectivity index (χ4v) is 22.3. The Morgan fingerprint density at radius 1 is 0.160 bits per heavy atom. The van der Waals surface area contributed by atoms with Gasteiger partial charge in [0.05, 0.1) is 71.9 Å². The van der Waals surface area contributed by atoms with Crippen molar-refractivity contribution in [3.63, 3.8) is 0 Å². The molecule has 0 saturated heterocycles. The van der Waals surface area contributed by atoms with Gasteiger partial charge in [-0.1, -0.05) is 406 Å². The third kappa shape index (κ3) is 14.8. The monoisotopic (exact) mass is 1920 g/mol. The fraction of sp³-hybridized carbons (Fsp3) is 0. The smallest absolute Gasteiger partial charge is 0.235 e. The summed E-state index contributed by atoms with van der Waals surface area (Å²) in [5.41, 5.74) is 31.2. The van der Waals surface area contributed by atoms with Gasteiger partial charge in [0, 0.05) is 87.5 Å². The van der Waals surface area contributed by atoms with Crippen molar-refractivity contribution in [3.05, 3.63) is 510 Å². The molecule has 0 bridgehead atoms. The second kappa shape index (κ2) is 35.9. The molecule has 0 aliphatic heterocycles. The van der Waals surface area contributed by atoms with E-state index in [1.807, 2.05) is 78.9 Å². The standard InChI is InChI=1S/C49H30N4O.C46H29N3O.C42H25N3O/c1-3-12-31(13-4-1)32-22-24-34(25-23-32)48-50-47(33-14-5-2-6-15-33)51-49(52-48)35-26-28-37(29-27-35)53-41-20-11-19-40-39-18-9-10-21-43(39)54-46-38-17-8-7-16-36(38)30-42(53)45(46)44(40)41;1-4-13-30(14-5-1)32-23-25-34(26-24-32)39-29-38(33-17-8-3-9-18-33)47-46(48-39)49-40-20-12-22-43-45(40)44-37(36-19-10-11-21-42(36)50-43)27-35(28-41(44)49)31-15-6-2-7-16-31;1-2-11-26(12-3-1)27-21-23-28(24-22-27)40-33-16-6-8-18-34(33)43-42(44-40)45-35-19-10-17-32-31-15-7-9-20-37(31)46-41-30-14-5-4-13-29(30)25-36(45)39(41)38(32)35/h1-30H;1-29H;1-25H. The quantitative estimate of drug-likeness (QED) is 0.109. The second-order valence-corrected chi connectivity index (χ2v) is 38.0. The Bertz CT molecular complexity index is 10700. The zero-order valence-corrected chi connectivity index (χ0v) is 80.7. The first-order valence-corrected chi connectivity index (χ1v) is 50.5. The predicted molar refractivity (Wildman–Crippen MR) is 616 cm³/mol. The number of rotatable bonds is 13. The molecule has 0 spiro atoms. The maximum absolute atomic E-state index is 6.85. The van der Waals surface area contributed by atoms with Crippen LogP contribution in [0, 0.1) is 0 Å². The SMILES string of the molecule is c1ccc(-c2ccc(-c3cc(-c4ccccc4)nc(-n4c5cccc6oc7ccccc7c7cc(-c8ccccc8)cc4c7c65)n3)cc2)cc1.c1ccc(-c2ccc(-c3nc(-c4ccccc4)nc(-c4ccc(-n5c6cccc7c8ccccc8oc8c9ccccc9cc5c8c76)cc4)n3)cc2)cc1.c1ccc(-c2ccc(-c3nc(-n4c5cccc6c7ccccc7oc7c8ccccc8cc4c7c65)nc4ccccc34)cc2)cc1. The zero-order valence-electron chi connectivity index (χ0n) is 80.7. The molecule has 0 amide bonds. The summed E-state index contributed by atoms with van der Waals surface area (Å²) in [6.45, 7) is 0. The molecule has 700 valence electrons. The van der Waals surface area contributed by atoms with Crippen molar-refractivity contribution in [2.45, 2.75) is 0 Å². The molecule has 0 saturated carbocycles. The number of nitrogens with zero attached hydrogens (tertiary/aromatic N) is 10. The lowest BCUT2D eigenvalue weighted by atomic mass is 9.98. The van der Waals surface area contributed by atoms with Gasteiger partial charge in [-0.05, 0) is 175 Å². The molecule has 9 heterocycles. The Kier molecular flexibility index (Phi) is 20.6. The van der Waals surface area contributed by atoms with Gasteiger partial charge in [-0.25, -0.2) is 34.9 Å². The van der Waals surface area contributed by atoms with Gasteiger partial charge in [0.2, 0.25) is 11.9 Å². The summed E-state index contributed by atoms with van der Waals surface area (Å²) >= 11 is 0. The van der Waals surface area contributed by atoms with Crippen molar-refractivity contribution < 1.29 is 13.3 Å². The summed E-state index contributed by atoms with van der Waals surface area (Å²) < 4.78 is 27.2. The van der Waals surface area contributed by atoms with Gasteiger partial charge < -0.3 is 17.8 Å². The van der Waals surface area contributed by atoms with Crippen LogP contribution in [0.5, 0.6) is 0 Å². The minimum absolute atomic E-state index is 0.607. The van der Waals surface area contributed by atoms with E-state index in [-0.39, 0.29) is 0 Å². The lowest BCUT2D eigenvalue weighted by molar-refractivity contribution is 0.663. The predicted octanol–water partition coefficient (Wildman–Crippen LogP) is 35.9. The van der Waals surface area contributed by atoms with Crippen LogP contribution < -0.4 is 0 Å². The molecule has 31 rings (SSSR count). The fourth-order valence-electron chi connectivity index (χ4n) is 22.3. The third-order valence-corrected chi connectivity index (χ3v) is 29.3. The van der Waals surface area contributed by atoms with E-state index >= 15 is 0 Å². The summed E-state index contributed by atoms with van der Waals surface area (Å²) in [6.07, 6.45) is 0. The molecule has 0 N–H and O–H groups in total. The van der Waals surface area contributed by atoms with Crippen molar-refractivity contribution in [1.82, 2.24) is 48.6 Å². The van der Waals surface area contributed by atoms with Gasteiger partial charge in [0.15, 0.2) is 17.5 Å². The highest BCUT2D eigenvalue weighted by atomic mass is 16.3. The summed E-state index contributed by atoms with van der Waals surface area (Å²) in [7, 11) is 0. The maximum atomic E-state index is 6.85. The van der Waals surface area contributed by atoms with E-state index in [1.54, 1.807) is 0 Å². The lowest BCUT2D eigenvalue weighted by Gasteiger charge is -2.13. The number of aromatic nitrogens is 10. The highest BCUT2D eigenvalue weighted by Gasteiger charge is 2.29. The van der Waals surface area contributed by atoms with Crippen LogP contribution in [0.1, 0.15) is 0 Å². The first-order chi connectivity index (χ1) is 74.4. The molecule has 0 atom stereocenters. The van der Waals surface area contributed by atoms with Crippen LogP contribution in [0.4, 0.5) is 0 Å². The average molecular weight is 1920 g/mol. The molecule has 13 nitrogen and oxygen atoms in total. The van der Waals surface area contributed by atoms with Crippen molar-refractivity contribution in [3.8, 4) is 130 Å². The maximum Gasteiger partial charge on any atom is 0.235 e. The number of hydrogen-bond donors (Lipinski definition) is 0. The van der Waals surface area contributed by atoms with Gasteiger partial charge in [-0.2, -0.15) is 0 Å². The Hall–Kier alpha value is -20.4. The summed E-state index contributed by atoms with van der Waals surface area (Å²) in [4.78, 5) is 36.2. The molecule has 0 aliphatic rings. The Labute approximate surface area is 859 Å².